The van der Waals surface area contributed by atoms with E-state index < -0.39 is 13.2 Å². The topological polar surface area (TPSA) is 120 Å². The molecule has 4 aliphatic rings. The third-order valence-electron chi connectivity index (χ3n) is 12.4. The van der Waals surface area contributed by atoms with Gasteiger partial charge >= 0.3 is 7.12 Å². The second-order valence-corrected chi connectivity index (χ2v) is 15.9. The number of nitrogens with zero attached hydrogens (tertiary/aromatic N) is 5. The average Bonchev–Trinajstić information content (AvgIpc) is 3.58. The second kappa shape index (κ2) is 17.7. The highest BCUT2D eigenvalue weighted by atomic mass is 16.4. The number of imide groups is 1. The molecule has 4 heterocycles. The van der Waals surface area contributed by atoms with Crippen LogP contribution >= 0.6 is 0 Å². The minimum atomic E-state index is -1.49. The van der Waals surface area contributed by atoms with Gasteiger partial charge in [-0.15, -0.1) is 0 Å². The molecular weight excluding hydrogens is 727 g/mol. The molecule has 4 aromatic carbocycles. The normalized spacial score (nSPS) is 19.6. The van der Waals surface area contributed by atoms with Crippen LogP contribution in [0, 0.1) is 0 Å². The van der Waals surface area contributed by atoms with E-state index in [0.717, 1.165) is 106 Å². The predicted octanol–water partition coefficient (Wildman–Crippen LogP) is 3.83. The lowest BCUT2D eigenvalue weighted by Gasteiger charge is -2.38. The van der Waals surface area contributed by atoms with Gasteiger partial charge < -0.3 is 24.7 Å². The van der Waals surface area contributed by atoms with Crippen LogP contribution in [0.5, 0.6) is 0 Å². The highest BCUT2D eigenvalue weighted by Gasteiger charge is 2.39. The Morgan fingerprint density at radius 3 is 1.88 bits per heavy atom. The van der Waals surface area contributed by atoms with E-state index in [-0.39, 0.29) is 24.1 Å². The van der Waals surface area contributed by atoms with Crippen LogP contribution in [0.1, 0.15) is 65.2 Å². The summed E-state index contributed by atoms with van der Waals surface area (Å²) in [4.78, 5) is 48.9. The van der Waals surface area contributed by atoms with Crippen molar-refractivity contribution in [1.29, 1.82) is 0 Å². The minimum Gasteiger partial charge on any atom is -0.423 e. The van der Waals surface area contributed by atoms with Crippen molar-refractivity contribution in [2.75, 3.05) is 75.2 Å². The quantitative estimate of drug-likeness (QED) is 0.112. The Morgan fingerprint density at radius 2 is 1.29 bits per heavy atom. The maximum Gasteiger partial charge on any atom is 0.488 e. The van der Waals surface area contributed by atoms with Gasteiger partial charge in [0.1, 0.15) is 6.04 Å². The van der Waals surface area contributed by atoms with Gasteiger partial charge in [-0.3, -0.25) is 29.5 Å². The highest BCUT2D eigenvalue weighted by molar-refractivity contribution is 6.58. The molecule has 4 aliphatic heterocycles. The number of carbonyl (C=O) groups is 3. The zero-order valence-corrected chi connectivity index (χ0v) is 33.4. The minimum absolute atomic E-state index is 0.130. The standard InChI is InChI=1S/C46H53BN6O5/c1-2-40(33-7-4-3-5-8-33)44(34-9-13-37(14-10-34)47(57)58)35-11-15-38(16-12-35)51-27-23-49(24-28-51)21-6-22-50-25-29-52(30-26-50)39-17-18-41-36(31-39)32-53(46(41)56)42-19-20-43(54)48-45(42)55/h3-5,7-18,31,42,57-58H,2,6,19-30,32H2,1H3,(H,48,54,55)/b44-40-. The Morgan fingerprint density at radius 1 is 0.707 bits per heavy atom. The van der Waals surface area contributed by atoms with Crippen LogP contribution in [0.2, 0.25) is 0 Å². The van der Waals surface area contributed by atoms with Crippen molar-refractivity contribution in [2.24, 2.45) is 0 Å². The van der Waals surface area contributed by atoms with Gasteiger partial charge in [-0.05, 0) is 102 Å². The van der Waals surface area contributed by atoms with Crippen LogP contribution in [-0.4, -0.2) is 121 Å². The number of nitrogens with one attached hydrogen (secondary N) is 1. The number of anilines is 2. The van der Waals surface area contributed by atoms with Gasteiger partial charge in [0.05, 0.1) is 0 Å². The zero-order valence-electron chi connectivity index (χ0n) is 33.4. The molecule has 3 amide bonds. The summed E-state index contributed by atoms with van der Waals surface area (Å²) >= 11 is 0. The van der Waals surface area contributed by atoms with E-state index in [0.29, 0.717) is 24.0 Å². The molecule has 4 aromatic rings. The summed E-state index contributed by atoms with van der Waals surface area (Å²) in [6.07, 6.45) is 2.63. The fourth-order valence-electron chi connectivity index (χ4n) is 9.08. The average molecular weight is 781 g/mol. The van der Waals surface area contributed by atoms with Crippen LogP contribution in [0.3, 0.4) is 0 Å². The lowest BCUT2D eigenvalue weighted by atomic mass is 9.79. The van der Waals surface area contributed by atoms with Gasteiger partial charge in [-0.1, -0.05) is 73.7 Å². The van der Waals surface area contributed by atoms with Crippen molar-refractivity contribution >= 4 is 52.8 Å². The summed E-state index contributed by atoms with van der Waals surface area (Å²) in [7, 11) is -1.49. The van der Waals surface area contributed by atoms with Gasteiger partial charge in [0.2, 0.25) is 11.8 Å². The van der Waals surface area contributed by atoms with E-state index in [9.17, 15) is 24.4 Å². The molecule has 11 nitrogen and oxygen atoms in total. The van der Waals surface area contributed by atoms with Gasteiger partial charge in [-0.25, -0.2) is 0 Å². The molecule has 0 spiro atoms. The number of piperidine rings is 1. The first kappa shape index (κ1) is 39.6. The summed E-state index contributed by atoms with van der Waals surface area (Å²) in [5.74, 6) is -0.779. The van der Waals surface area contributed by atoms with Gasteiger partial charge in [0.25, 0.3) is 5.91 Å². The number of carbonyl (C=O) groups excluding carboxylic acids is 3. The largest absolute Gasteiger partial charge is 0.488 e. The van der Waals surface area contributed by atoms with Crippen LogP contribution in [0.25, 0.3) is 11.1 Å². The van der Waals surface area contributed by atoms with E-state index >= 15 is 0 Å². The highest BCUT2D eigenvalue weighted by Crippen LogP contribution is 2.35. The van der Waals surface area contributed by atoms with Crippen molar-refractivity contribution in [2.45, 2.75) is 45.2 Å². The molecule has 3 N–H and O–H groups in total. The Hall–Kier alpha value is -5.27. The molecule has 3 fully saturated rings. The third kappa shape index (κ3) is 8.61. The summed E-state index contributed by atoms with van der Waals surface area (Å²) in [6.45, 7) is 12.7. The van der Waals surface area contributed by atoms with Crippen molar-refractivity contribution in [3.8, 4) is 0 Å². The fourth-order valence-corrected chi connectivity index (χ4v) is 9.08. The summed E-state index contributed by atoms with van der Waals surface area (Å²) in [6, 6.07) is 32.4. The number of hydrogen-bond acceptors (Lipinski definition) is 9. The number of hydrogen-bond donors (Lipinski definition) is 3. The van der Waals surface area contributed by atoms with Crippen LogP contribution in [-0.2, 0) is 16.1 Å². The molecule has 0 aromatic heterocycles. The molecule has 0 radical (unpaired) electrons. The molecular formula is C46H53BN6O5. The molecule has 0 aliphatic carbocycles. The Bertz CT molecular complexity index is 2130. The number of amides is 3. The van der Waals surface area contributed by atoms with E-state index in [4.69, 9.17) is 0 Å². The van der Waals surface area contributed by atoms with E-state index in [1.807, 2.05) is 30.3 Å². The Labute approximate surface area is 341 Å². The van der Waals surface area contributed by atoms with Gasteiger partial charge in [0.15, 0.2) is 0 Å². The molecule has 58 heavy (non-hydrogen) atoms. The van der Waals surface area contributed by atoms with Crippen molar-refractivity contribution in [3.63, 3.8) is 0 Å². The molecule has 0 saturated carbocycles. The van der Waals surface area contributed by atoms with Crippen molar-refractivity contribution < 1.29 is 24.4 Å². The summed E-state index contributed by atoms with van der Waals surface area (Å²) in [5.41, 5.74) is 10.2. The van der Waals surface area contributed by atoms with Gasteiger partial charge in [0, 0.05) is 82.3 Å². The third-order valence-corrected chi connectivity index (χ3v) is 12.4. The summed E-state index contributed by atoms with van der Waals surface area (Å²) in [5, 5.41) is 21.8. The number of allylic oxidation sites excluding steroid dienone is 1. The first-order valence-corrected chi connectivity index (χ1v) is 20.8. The number of rotatable bonds is 12. The molecule has 1 unspecified atom stereocenters. The van der Waals surface area contributed by atoms with Crippen molar-refractivity contribution in [3.05, 3.63) is 125 Å². The lowest BCUT2D eigenvalue weighted by Crippen LogP contribution is -2.52. The molecule has 0 bridgehead atoms. The van der Waals surface area contributed by atoms with E-state index in [2.05, 4.69) is 86.4 Å². The molecule has 1 atom stereocenters. The monoisotopic (exact) mass is 780 g/mol. The SMILES string of the molecule is CC/C(=C(\c1ccc(B(O)O)cc1)c1ccc(N2CCN(CCCN3CCN(c4ccc5c(c4)CN(C4CCC(=O)NC4=O)C5=O)CC3)CC2)cc1)c1ccccc1. The predicted molar refractivity (Wildman–Crippen MR) is 230 cm³/mol. The molecule has 3 saturated heterocycles. The first-order valence-electron chi connectivity index (χ1n) is 20.8. The molecule has 8 rings (SSSR count). The van der Waals surface area contributed by atoms with Crippen LogP contribution < -0.4 is 20.6 Å². The number of fused-ring (bicyclic) bond motifs is 1. The lowest BCUT2D eigenvalue weighted by molar-refractivity contribution is -0.136. The Kier molecular flexibility index (Phi) is 12.1. The van der Waals surface area contributed by atoms with Crippen LogP contribution in [0.4, 0.5) is 11.4 Å². The maximum atomic E-state index is 13.1. The Balaban J connectivity index is 0.807. The van der Waals surface area contributed by atoms with Gasteiger partial charge in [-0.2, -0.15) is 0 Å². The molecule has 12 heteroatoms. The molecule has 300 valence electrons. The van der Waals surface area contributed by atoms with Crippen molar-refractivity contribution in [1.82, 2.24) is 20.0 Å². The maximum absolute atomic E-state index is 13.1. The van der Waals surface area contributed by atoms with E-state index in [1.54, 1.807) is 17.0 Å². The summed E-state index contributed by atoms with van der Waals surface area (Å²) < 4.78 is 0. The number of benzene rings is 4. The smallest absolute Gasteiger partial charge is 0.423 e. The second-order valence-electron chi connectivity index (χ2n) is 15.9. The fraction of sp³-hybridized carbons (Fsp3) is 0.370. The first-order chi connectivity index (χ1) is 28.2. The zero-order chi connectivity index (χ0) is 40.2. The number of piperazine rings is 2. The van der Waals surface area contributed by atoms with E-state index in [1.165, 1.54) is 16.8 Å². The van der Waals surface area contributed by atoms with Crippen LogP contribution in [0.15, 0.2) is 97.1 Å².